The Morgan fingerprint density at radius 2 is 2.24 bits per heavy atom. The molecule has 0 radical (unpaired) electrons. The molecule has 21 heavy (non-hydrogen) atoms. The van der Waals surface area contributed by atoms with E-state index in [1.807, 2.05) is 6.92 Å². The van der Waals surface area contributed by atoms with Crippen LogP contribution < -0.4 is 5.32 Å². The molecule has 1 aromatic heterocycles. The molecule has 7 heteroatoms. The maximum absolute atomic E-state index is 12.8. The third-order valence-corrected chi connectivity index (χ3v) is 5.66. The van der Waals surface area contributed by atoms with E-state index in [-0.39, 0.29) is 10.9 Å². The molecule has 1 atom stereocenters. The minimum Gasteiger partial charge on any atom is -0.464 e. The fraction of sp³-hybridized carbons (Fsp3) is 0.714. The number of furan rings is 1. The average Bonchev–Trinajstić information content (AvgIpc) is 2.81. The molecule has 0 saturated carbocycles. The summed E-state index contributed by atoms with van der Waals surface area (Å²) in [4.78, 5) is 0.268. The maximum Gasteiger partial charge on any atom is 0.246 e. The number of rotatable bonds is 6. The topological polar surface area (TPSA) is 71.8 Å². The van der Waals surface area contributed by atoms with Crippen molar-refractivity contribution >= 4 is 10.0 Å². The van der Waals surface area contributed by atoms with Crippen LogP contribution in [0.15, 0.2) is 15.4 Å². The predicted molar refractivity (Wildman–Crippen MR) is 79.6 cm³/mol. The van der Waals surface area contributed by atoms with E-state index in [1.165, 1.54) is 4.31 Å². The Hall–Kier alpha value is -0.890. The summed E-state index contributed by atoms with van der Waals surface area (Å²) in [5, 5.41) is 3.21. The van der Waals surface area contributed by atoms with Crippen LogP contribution in [0.2, 0.25) is 0 Å². The molecular weight excluding hydrogens is 292 g/mol. The third kappa shape index (κ3) is 3.66. The first kappa shape index (κ1) is 16.5. The molecule has 0 aliphatic carbocycles. The first-order chi connectivity index (χ1) is 9.96. The van der Waals surface area contributed by atoms with Crippen molar-refractivity contribution in [3.05, 3.63) is 17.6 Å². The highest BCUT2D eigenvalue weighted by atomic mass is 32.2. The highest BCUT2D eigenvalue weighted by molar-refractivity contribution is 7.89. The molecule has 1 aliphatic rings. The number of aryl methyl sites for hydroxylation is 1. The van der Waals surface area contributed by atoms with Gasteiger partial charge in [0.15, 0.2) is 0 Å². The van der Waals surface area contributed by atoms with Gasteiger partial charge in [0.25, 0.3) is 0 Å². The molecule has 2 rings (SSSR count). The van der Waals surface area contributed by atoms with Crippen molar-refractivity contribution in [2.45, 2.75) is 44.7 Å². The minimum atomic E-state index is -3.52. The second kappa shape index (κ2) is 6.91. The summed E-state index contributed by atoms with van der Waals surface area (Å²) in [5.74, 6) is 1.10. The summed E-state index contributed by atoms with van der Waals surface area (Å²) in [6.45, 7) is 8.31. The lowest BCUT2D eigenvalue weighted by molar-refractivity contribution is 0.0392. The number of nitrogens with zero attached hydrogens (tertiary/aromatic N) is 1. The molecule has 0 aromatic carbocycles. The molecule has 1 fully saturated rings. The van der Waals surface area contributed by atoms with Crippen molar-refractivity contribution in [3.63, 3.8) is 0 Å². The molecular formula is C14H24N2O4S. The lowest BCUT2D eigenvalue weighted by Crippen LogP contribution is -2.46. The number of nitrogens with one attached hydrogen (secondary N) is 1. The quantitative estimate of drug-likeness (QED) is 0.805. The van der Waals surface area contributed by atoms with Gasteiger partial charge in [-0.1, -0.05) is 6.92 Å². The van der Waals surface area contributed by atoms with E-state index in [0.717, 1.165) is 13.0 Å². The van der Waals surface area contributed by atoms with Gasteiger partial charge >= 0.3 is 0 Å². The van der Waals surface area contributed by atoms with Crippen molar-refractivity contribution in [2.75, 3.05) is 26.3 Å². The zero-order valence-corrected chi connectivity index (χ0v) is 13.7. The lowest BCUT2D eigenvalue weighted by atomic mass is 10.3. The molecule has 1 unspecified atom stereocenters. The monoisotopic (exact) mass is 316 g/mol. The van der Waals surface area contributed by atoms with Crippen LogP contribution in [0.3, 0.4) is 0 Å². The maximum atomic E-state index is 12.8. The van der Waals surface area contributed by atoms with E-state index < -0.39 is 10.0 Å². The van der Waals surface area contributed by atoms with E-state index in [0.29, 0.717) is 37.8 Å². The molecule has 0 spiro atoms. The number of hydrogen-bond donors (Lipinski definition) is 1. The van der Waals surface area contributed by atoms with E-state index in [9.17, 15) is 8.42 Å². The van der Waals surface area contributed by atoms with Crippen LogP contribution in [0.4, 0.5) is 0 Å². The Labute approximate surface area is 126 Å². The Bertz CT molecular complexity index is 568. The average molecular weight is 316 g/mol. The number of sulfonamides is 1. The molecule has 0 amide bonds. The van der Waals surface area contributed by atoms with Gasteiger partial charge in [-0.15, -0.1) is 0 Å². The van der Waals surface area contributed by atoms with Crippen LogP contribution in [0, 0.1) is 6.92 Å². The summed E-state index contributed by atoms with van der Waals surface area (Å²) >= 11 is 0. The Morgan fingerprint density at radius 3 is 2.90 bits per heavy atom. The van der Waals surface area contributed by atoms with Gasteiger partial charge in [-0.2, -0.15) is 4.31 Å². The zero-order valence-electron chi connectivity index (χ0n) is 12.9. The third-order valence-electron chi connectivity index (χ3n) is 3.54. The van der Waals surface area contributed by atoms with Crippen LogP contribution in [-0.4, -0.2) is 45.1 Å². The highest BCUT2D eigenvalue weighted by Crippen LogP contribution is 2.26. The molecule has 1 saturated heterocycles. The fourth-order valence-electron chi connectivity index (χ4n) is 2.45. The van der Waals surface area contributed by atoms with Gasteiger partial charge in [0.2, 0.25) is 10.0 Å². The normalized spacial score (nSPS) is 20.8. The van der Waals surface area contributed by atoms with Crippen LogP contribution in [0.25, 0.3) is 0 Å². The molecule has 1 aromatic rings. The van der Waals surface area contributed by atoms with Crippen molar-refractivity contribution in [3.8, 4) is 0 Å². The molecule has 2 heterocycles. The second-order valence-electron chi connectivity index (χ2n) is 5.35. The van der Waals surface area contributed by atoms with Gasteiger partial charge in [0, 0.05) is 18.7 Å². The van der Waals surface area contributed by atoms with E-state index in [4.69, 9.17) is 9.15 Å². The summed E-state index contributed by atoms with van der Waals surface area (Å²) < 4.78 is 37.9. The fourth-order valence-corrected chi connectivity index (χ4v) is 4.24. The van der Waals surface area contributed by atoms with Gasteiger partial charge in [0.05, 0.1) is 19.8 Å². The van der Waals surface area contributed by atoms with Crippen molar-refractivity contribution in [1.82, 2.24) is 9.62 Å². The predicted octanol–water partition coefficient (Wildman–Crippen LogP) is 1.50. The molecule has 0 bridgehead atoms. The van der Waals surface area contributed by atoms with Crippen molar-refractivity contribution < 1.29 is 17.6 Å². The minimum absolute atomic E-state index is 0.153. The van der Waals surface area contributed by atoms with E-state index in [1.54, 1.807) is 13.0 Å². The first-order valence-electron chi connectivity index (χ1n) is 7.36. The Morgan fingerprint density at radius 1 is 1.48 bits per heavy atom. The van der Waals surface area contributed by atoms with Gasteiger partial charge in [-0.05, 0) is 26.8 Å². The van der Waals surface area contributed by atoms with Crippen LogP contribution in [0.1, 0.15) is 31.8 Å². The second-order valence-corrected chi connectivity index (χ2v) is 7.21. The van der Waals surface area contributed by atoms with Crippen LogP contribution in [0.5, 0.6) is 0 Å². The molecule has 120 valence electrons. The summed E-state index contributed by atoms with van der Waals surface area (Å²) in [5.41, 5.74) is 0. The van der Waals surface area contributed by atoms with Crippen molar-refractivity contribution in [1.29, 1.82) is 0 Å². The molecule has 1 aliphatic heterocycles. The largest absolute Gasteiger partial charge is 0.464 e. The first-order valence-corrected chi connectivity index (χ1v) is 8.80. The van der Waals surface area contributed by atoms with Crippen LogP contribution >= 0.6 is 0 Å². The standard InChI is InChI=1S/C14H24N2O4S/c1-4-5-15-9-13-8-14(12(3)20-13)21(17,18)16-6-7-19-10-11(16)2/h8,11,15H,4-7,9-10H2,1-3H3. The number of ether oxygens (including phenoxy) is 1. The lowest BCUT2D eigenvalue weighted by Gasteiger charge is -2.31. The summed E-state index contributed by atoms with van der Waals surface area (Å²) in [7, 11) is -3.52. The summed E-state index contributed by atoms with van der Waals surface area (Å²) in [6.07, 6.45) is 1.02. The summed E-state index contributed by atoms with van der Waals surface area (Å²) in [6, 6.07) is 1.48. The van der Waals surface area contributed by atoms with Gasteiger partial charge in [-0.3, -0.25) is 0 Å². The van der Waals surface area contributed by atoms with Gasteiger partial charge in [0.1, 0.15) is 16.4 Å². The smallest absolute Gasteiger partial charge is 0.246 e. The highest BCUT2D eigenvalue weighted by Gasteiger charge is 2.34. The van der Waals surface area contributed by atoms with Crippen molar-refractivity contribution in [2.24, 2.45) is 0 Å². The Balaban J connectivity index is 2.19. The Kier molecular flexibility index (Phi) is 5.43. The zero-order chi connectivity index (χ0) is 15.5. The van der Waals surface area contributed by atoms with E-state index in [2.05, 4.69) is 12.2 Å². The number of morpholine rings is 1. The molecule has 1 N–H and O–H groups in total. The van der Waals surface area contributed by atoms with Gasteiger partial charge < -0.3 is 14.5 Å². The van der Waals surface area contributed by atoms with E-state index >= 15 is 0 Å². The van der Waals surface area contributed by atoms with Crippen LogP contribution in [-0.2, 0) is 21.3 Å². The van der Waals surface area contributed by atoms with Gasteiger partial charge in [-0.25, -0.2) is 8.42 Å². The molecule has 6 nitrogen and oxygen atoms in total. The SMILES string of the molecule is CCCNCc1cc(S(=O)(=O)N2CCOCC2C)c(C)o1. The number of hydrogen-bond acceptors (Lipinski definition) is 5.